The van der Waals surface area contributed by atoms with Crippen molar-refractivity contribution in [2.24, 2.45) is 5.92 Å². The summed E-state index contributed by atoms with van der Waals surface area (Å²) < 4.78 is 1.78. The van der Waals surface area contributed by atoms with Crippen LogP contribution < -0.4 is 10.2 Å². The second kappa shape index (κ2) is 7.80. The lowest BCUT2D eigenvalue weighted by molar-refractivity contribution is -0.121. The molecule has 0 spiro atoms. The van der Waals surface area contributed by atoms with E-state index in [-0.39, 0.29) is 11.9 Å². The van der Waals surface area contributed by atoms with E-state index in [0.29, 0.717) is 12.8 Å². The summed E-state index contributed by atoms with van der Waals surface area (Å²) >= 11 is 0. The van der Waals surface area contributed by atoms with Gasteiger partial charge in [0.2, 0.25) is 5.91 Å². The summed E-state index contributed by atoms with van der Waals surface area (Å²) in [7, 11) is 0. The molecule has 1 fully saturated rings. The maximum Gasteiger partial charge on any atom is 0.220 e. The number of nitrogens with one attached hydrogen (secondary N) is 1. The molecule has 0 bridgehead atoms. The van der Waals surface area contributed by atoms with Crippen molar-refractivity contribution in [1.82, 2.24) is 25.1 Å². The number of carbonyl (C=O) groups is 1. The largest absolute Gasteiger partial charge is 0.355 e. The highest BCUT2D eigenvalue weighted by atomic mass is 16.1. The highest BCUT2D eigenvalue weighted by Crippen LogP contribution is 2.21. The SMILES string of the molecule is CC[C@H](C)NC(=O)CCc1nnc2ccc(N3CCC(C)CC3)nn12. The molecule has 1 aliphatic heterocycles. The Hall–Kier alpha value is -2.18. The molecule has 0 aromatic carbocycles. The van der Waals surface area contributed by atoms with Gasteiger partial charge in [0.25, 0.3) is 0 Å². The summed E-state index contributed by atoms with van der Waals surface area (Å²) in [6.07, 6.45) is 4.27. The molecule has 0 radical (unpaired) electrons. The van der Waals surface area contributed by atoms with Gasteiger partial charge < -0.3 is 10.2 Å². The quantitative estimate of drug-likeness (QED) is 0.869. The molecule has 3 rings (SSSR count). The van der Waals surface area contributed by atoms with Gasteiger partial charge in [0, 0.05) is 32.0 Å². The average molecular weight is 344 g/mol. The first-order chi connectivity index (χ1) is 12.1. The number of amides is 1. The van der Waals surface area contributed by atoms with Crippen LogP contribution in [0.25, 0.3) is 5.65 Å². The molecule has 1 amide bonds. The molecule has 136 valence electrons. The van der Waals surface area contributed by atoms with E-state index in [1.807, 2.05) is 19.1 Å². The van der Waals surface area contributed by atoms with Crippen molar-refractivity contribution in [3.8, 4) is 0 Å². The van der Waals surface area contributed by atoms with Crippen molar-refractivity contribution in [1.29, 1.82) is 0 Å². The molecule has 1 N–H and O–H groups in total. The normalized spacial score (nSPS) is 17.0. The van der Waals surface area contributed by atoms with Crippen LogP contribution in [0.5, 0.6) is 0 Å². The summed E-state index contributed by atoms with van der Waals surface area (Å²) in [5.74, 6) is 2.53. The van der Waals surface area contributed by atoms with Crippen molar-refractivity contribution in [2.75, 3.05) is 18.0 Å². The molecule has 0 unspecified atom stereocenters. The Kier molecular flexibility index (Phi) is 5.50. The van der Waals surface area contributed by atoms with Crippen LogP contribution in [0.15, 0.2) is 12.1 Å². The fourth-order valence-electron chi connectivity index (χ4n) is 3.06. The Morgan fingerprint density at radius 1 is 1.32 bits per heavy atom. The van der Waals surface area contributed by atoms with Gasteiger partial charge in [-0.15, -0.1) is 15.3 Å². The third-order valence-corrected chi connectivity index (χ3v) is 5.02. The third kappa shape index (κ3) is 4.27. The van der Waals surface area contributed by atoms with Crippen molar-refractivity contribution in [3.05, 3.63) is 18.0 Å². The van der Waals surface area contributed by atoms with Crippen molar-refractivity contribution in [2.45, 2.75) is 58.9 Å². The van der Waals surface area contributed by atoms with Gasteiger partial charge in [-0.1, -0.05) is 13.8 Å². The van der Waals surface area contributed by atoms with Gasteiger partial charge in [-0.2, -0.15) is 4.52 Å². The summed E-state index contributed by atoms with van der Waals surface area (Å²) in [5.41, 5.74) is 0.728. The van der Waals surface area contributed by atoms with Gasteiger partial charge >= 0.3 is 0 Å². The Labute approximate surface area is 148 Å². The minimum absolute atomic E-state index is 0.0484. The van der Waals surface area contributed by atoms with Gasteiger partial charge in [0.1, 0.15) is 5.82 Å². The van der Waals surface area contributed by atoms with Gasteiger partial charge in [-0.25, -0.2) is 0 Å². The molecule has 2 aromatic rings. The van der Waals surface area contributed by atoms with Crippen LogP contribution >= 0.6 is 0 Å². The molecular formula is C18H28N6O. The molecule has 1 saturated heterocycles. The number of carbonyl (C=O) groups excluding carboxylic acids is 1. The third-order valence-electron chi connectivity index (χ3n) is 5.02. The second-order valence-corrected chi connectivity index (χ2v) is 7.12. The highest BCUT2D eigenvalue weighted by molar-refractivity contribution is 5.76. The van der Waals surface area contributed by atoms with E-state index in [1.165, 1.54) is 12.8 Å². The molecule has 7 nitrogen and oxygen atoms in total. The minimum Gasteiger partial charge on any atom is -0.355 e. The summed E-state index contributed by atoms with van der Waals surface area (Å²) in [6, 6.07) is 4.17. The predicted octanol–water partition coefficient (Wildman–Crippen LogP) is 2.21. The van der Waals surface area contributed by atoms with Crippen LogP contribution in [-0.2, 0) is 11.2 Å². The summed E-state index contributed by atoms with van der Waals surface area (Å²) in [5, 5.41) is 16.1. The number of anilines is 1. The second-order valence-electron chi connectivity index (χ2n) is 7.12. The molecule has 0 saturated carbocycles. The Balaban J connectivity index is 1.69. The predicted molar refractivity (Wildman–Crippen MR) is 97.6 cm³/mol. The molecule has 2 aromatic heterocycles. The van der Waals surface area contributed by atoms with E-state index in [9.17, 15) is 4.79 Å². The van der Waals surface area contributed by atoms with Crippen LogP contribution in [0.3, 0.4) is 0 Å². The molecule has 3 heterocycles. The van der Waals surface area contributed by atoms with E-state index in [2.05, 4.69) is 34.3 Å². The van der Waals surface area contributed by atoms with Crippen LogP contribution in [0.1, 0.15) is 52.3 Å². The fourth-order valence-corrected chi connectivity index (χ4v) is 3.06. The van der Waals surface area contributed by atoms with Crippen LogP contribution in [0.2, 0.25) is 0 Å². The fraction of sp³-hybridized carbons (Fsp3) is 0.667. The standard InChI is InChI=1S/C18H28N6O/c1-4-14(3)19-18(25)8-7-16-21-20-15-5-6-17(22-24(15)16)23-11-9-13(2)10-12-23/h5-6,13-14H,4,7-12H2,1-3H3,(H,19,25)/t14-/m0/s1. The lowest BCUT2D eigenvalue weighted by Gasteiger charge is -2.30. The van der Waals surface area contributed by atoms with E-state index in [1.54, 1.807) is 4.52 Å². The highest BCUT2D eigenvalue weighted by Gasteiger charge is 2.18. The van der Waals surface area contributed by atoms with Crippen LogP contribution in [0.4, 0.5) is 5.82 Å². The first kappa shape index (κ1) is 17.6. The first-order valence-electron chi connectivity index (χ1n) is 9.32. The van der Waals surface area contributed by atoms with Gasteiger partial charge in [-0.3, -0.25) is 4.79 Å². The zero-order valence-electron chi connectivity index (χ0n) is 15.4. The number of aryl methyl sites for hydroxylation is 1. The molecular weight excluding hydrogens is 316 g/mol. The van der Waals surface area contributed by atoms with E-state index >= 15 is 0 Å². The number of fused-ring (bicyclic) bond motifs is 1. The maximum absolute atomic E-state index is 12.0. The Morgan fingerprint density at radius 2 is 2.08 bits per heavy atom. The Morgan fingerprint density at radius 3 is 2.80 bits per heavy atom. The number of rotatable bonds is 6. The van der Waals surface area contributed by atoms with Crippen LogP contribution in [0, 0.1) is 5.92 Å². The Bertz CT molecular complexity index is 719. The van der Waals surface area contributed by atoms with Gasteiger partial charge in [0.15, 0.2) is 11.5 Å². The number of aromatic nitrogens is 4. The number of nitrogens with zero attached hydrogens (tertiary/aromatic N) is 5. The number of hydrogen-bond donors (Lipinski definition) is 1. The molecule has 1 aliphatic rings. The van der Waals surface area contributed by atoms with Crippen molar-refractivity contribution < 1.29 is 4.79 Å². The monoisotopic (exact) mass is 344 g/mol. The zero-order valence-corrected chi connectivity index (χ0v) is 15.4. The van der Waals surface area contributed by atoms with Gasteiger partial charge in [0.05, 0.1) is 0 Å². The number of piperidine rings is 1. The van der Waals surface area contributed by atoms with Crippen molar-refractivity contribution >= 4 is 17.4 Å². The topological polar surface area (TPSA) is 75.4 Å². The molecule has 7 heteroatoms. The van der Waals surface area contributed by atoms with E-state index in [4.69, 9.17) is 5.10 Å². The molecule has 0 aliphatic carbocycles. The first-order valence-corrected chi connectivity index (χ1v) is 9.32. The lowest BCUT2D eigenvalue weighted by Crippen LogP contribution is -2.33. The molecule has 25 heavy (non-hydrogen) atoms. The van der Waals surface area contributed by atoms with Gasteiger partial charge in [-0.05, 0) is 44.2 Å². The average Bonchev–Trinajstić information content (AvgIpc) is 3.02. The molecule has 1 atom stereocenters. The van der Waals surface area contributed by atoms with Crippen molar-refractivity contribution in [3.63, 3.8) is 0 Å². The minimum atomic E-state index is 0.0484. The smallest absolute Gasteiger partial charge is 0.220 e. The zero-order chi connectivity index (χ0) is 17.8. The summed E-state index contributed by atoms with van der Waals surface area (Å²) in [6.45, 7) is 8.45. The lowest BCUT2D eigenvalue weighted by atomic mass is 9.99. The van der Waals surface area contributed by atoms with E-state index in [0.717, 1.165) is 42.7 Å². The maximum atomic E-state index is 12.0. The van der Waals surface area contributed by atoms with E-state index < -0.39 is 0 Å². The van der Waals surface area contributed by atoms with Crippen LogP contribution in [-0.4, -0.2) is 44.8 Å². The summed E-state index contributed by atoms with van der Waals surface area (Å²) in [4.78, 5) is 14.3. The number of hydrogen-bond acceptors (Lipinski definition) is 5.